The van der Waals surface area contributed by atoms with Gasteiger partial charge in [-0.3, -0.25) is 0 Å². The van der Waals surface area contributed by atoms with E-state index in [4.69, 9.17) is 13.3 Å². The molecule has 1 aromatic carbocycles. The standard InChI is InChI=1S/C12H21NO3Si/c1-11(17(14-2,15-3)16-4)10-13-12-8-6-5-7-9-12/h5-9,11,13H,10H2,1-4H3. The van der Waals surface area contributed by atoms with Gasteiger partial charge >= 0.3 is 8.80 Å². The van der Waals surface area contributed by atoms with Gasteiger partial charge in [-0.25, -0.2) is 0 Å². The largest absolute Gasteiger partial charge is 0.504 e. The van der Waals surface area contributed by atoms with Gasteiger partial charge in [0.25, 0.3) is 0 Å². The first-order valence-electron chi connectivity index (χ1n) is 5.63. The Morgan fingerprint density at radius 2 is 1.59 bits per heavy atom. The van der Waals surface area contributed by atoms with Crippen LogP contribution in [0.5, 0.6) is 0 Å². The summed E-state index contributed by atoms with van der Waals surface area (Å²) in [6, 6.07) is 10.1. The first-order valence-corrected chi connectivity index (χ1v) is 7.43. The molecule has 0 bridgehead atoms. The fraction of sp³-hybridized carbons (Fsp3) is 0.500. The molecule has 0 saturated carbocycles. The van der Waals surface area contributed by atoms with Crippen LogP contribution in [0, 0.1) is 0 Å². The van der Waals surface area contributed by atoms with Crippen molar-refractivity contribution in [2.45, 2.75) is 12.5 Å². The van der Waals surface area contributed by atoms with Crippen molar-refractivity contribution in [3.8, 4) is 0 Å². The van der Waals surface area contributed by atoms with E-state index >= 15 is 0 Å². The molecule has 0 aromatic heterocycles. The zero-order chi connectivity index (χ0) is 12.7. The summed E-state index contributed by atoms with van der Waals surface area (Å²) in [6.45, 7) is 2.82. The summed E-state index contributed by atoms with van der Waals surface area (Å²) in [4.78, 5) is 0. The number of rotatable bonds is 7. The predicted molar refractivity (Wildman–Crippen MR) is 71.1 cm³/mol. The molecule has 0 heterocycles. The van der Waals surface area contributed by atoms with E-state index in [2.05, 4.69) is 12.2 Å². The fourth-order valence-corrected chi connectivity index (χ4v) is 3.86. The maximum atomic E-state index is 5.44. The minimum Gasteiger partial charge on any atom is -0.385 e. The zero-order valence-electron chi connectivity index (χ0n) is 10.9. The average molecular weight is 255 g/mol. The fourth-order valence-electron chi connectivity index (χ4n) is 1.81. The third-order valence-corrected chi connectivity index (χ3v) is 5.96. The second-order valence-electron chi connectivity index (χ2n) is 3.86. The molecule has 1 atom stereocenters. The summed E-state index contributed by atoms with van der Waals surface area (Å²) < 4.78 is 16.3. The minimum atomic E-state index is -2.54. The van der Waals surface area contributed by atoms with Crippen molar-refractivity contribution < 1.29 is 13.3 Å². The average Bonchev–Trinajstić information content (AvgIpc) is 2.40. The van der Waals surface area contributed by atoms with E-state index in [1.807, 2.05) is 30.3 Å². The maximum absolute atomic E-state index is 5.44. The number of benzene rings is 1. The number of nitrogens with one attached hydrogen (secondary N) is 1. The van der Waals surface area contributed by atoms with Crippen molar-refractivity contribution in [1.29, 1.82) is 0 Å². The van der Waals surface area contributed by atoms with Crippen molar-refractivity contribution in [3.63, 3.8) is 0 Å². The van der Waals surface area contributed by atoms with Gasteiger partial charge in [-0.15, -0.1) is 0 Å². The number of anilines is 1. The predicted octanol–water partition coefficient (Wildman–Crippen LogP) is 2.37. The van der Waals surface area contributed by atoms with Crippen LogP contribution in [0.15, 0.2) is 30.3 Å². The molecule has 0 aliphatic rings. The van der Waals surface area contributed by atoms with Crippen LogP contribution in [-0.2, 0) is 13.3 Å². The lowest BCUT2D eigenvalue weighted by Crippen LogP contribution is -2.48. The van der Waals surface area contributed by atoms with Crippen LogP contribution in [0.4, 0.5) is 5.69 Å². The van der Waals surface area contributed by atoms with E-state index in [9.17, 15) is 0 Å². The molecule has 5 heteroatoms. The van der Waals surface area contributed by atoms with Crippen LogP contribution >= 0.6 is 0 Å². The van der Waals surface area contributed by atoms with Gasteiger partial charge in [0.15, 0.2) is 0 Å². The van der Waals surface area contributed by atoms with Gasteiger partial charge in [0.05, 0.1) is 0 Å². The highest BCUT2D eigenvalue weighted by molar-refractivity contribution is 6.62. The molecule has 0 aliphatic carbocycles. The van der Waals surface area contributed by atoms with Crippen molar-refractivity contribution in [1.82, 2.24) is 0 Å². The SMILES string of the molecule is CO[Si](OC)(OC)C(C)CNc1ccccc1. The Labute approximate surface area is 104 Å². The van der Waals surface area contributed by atoms with Gasteiger partial charge in [0.2, 0.25) is 0 Å². The second-order valence-corrected chi connectivity index (χ2v) is 7.28. The molecule has 1 aromatic rings. The van der Waals surface area contributed by atoms with Gasteiger partial charge in [-0.2, -0.15) is 0 Å². The zero-order valence-corrected chi connectivity index (χ0v) is 11.9. The van der Waals surface area contributed by atoms with Crippen molar-refractivity contribution in [2.75, 3.05) is 33.2 Å². The summed E-state index contributed by atoms with van der Waals surface area (Å²) in [5, 5.41) is 3.35. The molecule has 1 unspecified atom stereocenters. The van der Waals surface area contributed by atoms with Gasteiger partial charge in [-0.1, -0.05) is 25.1 Å². The summed E-state index contributed by atoms with van der Waals surface area (Å²) in [5.41, 5.74) is 1.27. The first-order chi connectivity index (χ1) is 8.18. The molecule has 0 spiro atoms. The van der Waals surface area contributed by atoms with E-state index < -0.39 is 8.80 Å². The lowest BCUT2D eigenvalue weighted by atomic mass is 10.3. The normalized spacial score (nSPS) is 13.4. The van der Waals surface area contributed by atoms with Crippen LogP contribution in [0.1, 0.15) is 6.92 Å². The molecule has 1 N–H and O–H groups in total. The van der Waals surface area contributed by atoms with Crippen molar-refractivity contribution >= 4 is 14.5 Å². The Morgan fingerprint density at radius 1 is 1.06 bits per heavy atom. The van der Waals surface area contributed by atoms with Gasteiger partial charge in [0.1, 0.15) is 0 Å². The molecule has 0 radical (unpaired) electrons. The van der Waals surface area contributed by atoms with Crippen LogP contribution in [0.25, 0.3) is 0 Å². The molecule has 1 rings (SSSR count). The third-order valence-electron chi connectivity index (χ3n) is 2.84. The molecular weight excluding hydrogens is 234 g/mol. The van der Waals surface area contributed by atoms with Crippen molar-refractivity contribution in [2.24, 2.45) is 0 Å². The Kier molecular flexibility index (Phi) is 5.63. The summed E-state index contributed by atoms with van der Waals surface area (Å²) >= 11 is 0. The number of hydrogen-bond donors (Lipinski definition) is 1. The van der Waals surface area contributed by atoms with E-state index in [0.717, 1.165) is 12.2 Å². The lowest BCUT2D eigenvalue weighted by Gasteiger charge is -2.30. The summed E-state index contributed by atoms with van der Waals surface area (Å²) in [7, 11) is 2.37. The van der Waals surface area contributed by atoms with Crippen LogP contribution in [0.2, 0.25) is 5.54 Å². The number of para-hydroxylation sites is 1. The molecule has 0 amide bonds. The minimum absolute atomic E-state index is 0.183. The van der Waals surface area contributed by atoms with Gasteiger partial charge < -0.3 is 18.6 Å². The van der Waals surface area contributed by atoms with Gasteiger partial charge in [-0.05, 0) is 12.1 Å². The maximum Gasteiger partial charge on any atom is 0.504 e. The highest BCUT2D eigenvalue weighted by Gasteiger charge is 2.44. The van der Waals surface area contributed by atoms with Crippen molar-refractivity contribution in [3.05, 3.63) is 30.3 Å². The Bertz CT molecular complexity index is 309. The van der Waals surface area contributed by atoms with Crippen LogP contribution in [0.3, 0.4) is 0 Å². The molecule has 4 nitrogen and oxygen atoms in total. The Morgan fingerprint density at radius 3 is 2.06 bits per heavy atom. The van der Waals surface area contributed by atoms with Crippen LogP contribution in [-0.4, -0.2) is 36.7 Å². The quantitative estimate of drug-likeness (QED) is 0.759. The van der Waals surface area contributed by atoms with E-state index in [1.54, 1.807) is 21.3 Å². The number of hydrogen-bond acceptors (Lipinski definition) is 4. The second kappa shape index (κ2) is 6.76. The third kappa shape index (κ3) is 3.54. The monoisotopic (exact) mass is 255 g/mol. The van der Waals surface area contributed by atoms with E-state index in [1.165, 1.54) is 0 Å². The summed E-state index contributed by atoms with van der Waals surface area (Å²) in [5.74, 6) is 0. The molecule has 96 valence electrons. The Balaban J connectivity index is 2.56. The molecule has 0 aliphatic heterocycles. The Hall–Kier alpha value is -0.883. The highest BCUT2D eigenvalue weighted by Crippen LogP contribution is 2.23. The van der Waals surface area contributed by atoms with E-state index in [-0.39, 0.29) is 5.54 Å². The van der Waals surface area contributed by atoms with E-state index in [0.29, 0.717) is 0 Å². The summed E-state index contributed by atoms with van der Waals surface area (Å²) in [6.07, 6.45) is 0. The first kappa shape index (κ1) is 14.2. The topological polar surface area (TPSA) is 39.7 Å². The smallest absolute Gasteiger partial charge is 0.385 e. The van der Waals surface area contributed by atoms with Gasteiger partial charge in [0, 0.05) is 39.1 Å². The lowest BCUT2D eigenvalue weighted by molar-refractivity contribution is 0.114. The molecular formula is C12H21NO3Si. The molecule has 0 fully saturated rings. The van der Waals surface area contributed by atoms with Crippen LogP contribution < -0.4 is 5.32 Å². The molecule has 0 saturated heterocycles. The molecule has 17 heavy (non-hydrogen) atoms. The highest BCUT2D eigenvalue weighted by atomic mass is 28.4.